The van der Waals surface area contributed by atoms with Crippen molar-refractivity contribution >= 4 is 51.0 Å². The van der Waals surface area contributed by atoms with E-state index in [0.29, 0.717) is 27.5 Å². The highest BCUT2D eigenvalue weighted by molar-refractivity contribution is 7.88. The van der Waals surface area contributed by atoms with Crippen LogP contribution in [-0.2, 0) is 34.1 Å². The van der Waals surface area contributed by atoms with Gasteiger partial charge in [0.25, 0.3) is 0 Å². The summed E-state index contributed by atoms with van der Waals surface area (Å²) in [5.41, 5.74) is -1.30. The van der Waals surface area contributed by atoms with Gasteiger partial charge in [0.05, 0.1) is 22.0 Å². The van der Waals surface area contributed by atoms with Crippen molar-refractivity contribution in [1.82, 2.24) is 14.0 Å². The molecule has 0 aliphatic carbocycles. The molecule has 2 aromatic carbocycles. The van der Waals surface area contributed by atoms with Crippen LogP contribution in [0.2, 0.25) is 5.02 Å². The van der Waals surface area contributed by atoms with E-state index < -0.39 is 50.9 Å². The van der Waals surface area contributed by atoms with E-state index in [1.54, 1.807) is 43.7 Å². The molecule has 1 aliphatic rings. The van der Waals surface area contributed by atoms with Crippen LogP contribution in [0.15, 0.2) is 51.4 Å². The quantitative estimate of drug-likeness (QED) is 0.338. The number of carbonyl (C=O) groups excluding carboxylic acids is 1. The third-order valence-electron chi connectivity index (χ3n) is 5.87. The lowest BCUT2D eigenvalue weighted by Crippen LogP contribution is -2.43. The third-order valence-corrected chi connectivity index (χ3v) is 8.15. The SMILES string of the molecule is CC(C)(C)OC(=O)NS(=O)(=O)NCCn1c(O)c(C(Cc2ccc(Cl)cc2C(F)(F)F)=c2ccc3c(c2)C=NN=3)sc1=O. The maximum Gasteiger partial charge on any atom is 0.422 e. The molecule has 43 heavy (non-hydrogen) atoms. The normalized spacial score (nSPS) is 13.8. The van der Waals surface area contributed by atoms with Crippen molar-refractivity contribution in [2.45, 2.75) is 45.5 Å². The Balaban J connectivity index is 1.69. The minimum Gasteiger partial charge on any atom is -0.493 e. The van der Waals surface area contributed by atoms with Gasteiger partial charge < -0.3 is 9.84 Å². The van der Waals surface area contributed by atoms with E-state index in [9.17, 15) is 36.3 Å². The molecule has 230 valence electrons. The van der Waals surface area contributed by atoms with Crippen LogP contribution in [0.25, 0.3) is 5.57 Å². The number of benzene rings is 2. The molecule has 1 aromatic heterocycles. The first-order valence-electron chi connectivity index (χ1n) is 12.5. The second-order valence-electron chi connectivity index (χ2n) is 10.2. The zero-order valence-electron chi connectivity index (χ0n) is 22.8. The summed E-state index contributed by atoms with van der Waals surface area (Å²) in [5.74, 6) is -0.578. The van der Waals surface area contributed by atoms with E-state index in [1.165, 1.54) is 18.3 Å². The number of fused-ring (bicyclic) bond motifs is 1. The molecule has 0 bridgehead atoms. The fourth-order valence-electron chi connectivity index (χ4n) is 4.09. The molecule has 17 heteroatoms. The second-order valence-corrected chi connectivity index (χ2v) is 13.1. The van der Waals surface area contributed by atoms with Gasteiger partial charge in [0, 0.05) is 30.1 Å². The first-order chi connectivity index (χ1) is 19.9. The maximum absolute atomic E-state index is 13.9. The lowest BCUT2D eigenvalue weighted by molar-refractivity contribution is -0.138. The van der Waals surface area contributed by atoms with Crippen molar-refractivity contribution < 1.29 is 36.2 Å². The predicted molar refractivity (Wildman–Crippen MR) is 154 cm³/mol. The molecule has 0 spiro atoms. The van der Waals surface area contributed by atoms with E-state index in [-0.39, 0.29) is 34.0 Å². The van der Waals surface area contributed by atoms with Gasteiger partial charge in [-0.2, -0.15) is 36.5 Å². The molecule has 0 fully saturated rings. The van der Waals surface area contributed by atoms with Crippen LogP contribution in [0, 0.1) is 0 Å². The third kappa shape index (κ3) is 8.01. The Hall–Kier alpha value is -3.73. The molecule has 0 unspecified atom stereocenters. The highest BCUT2D eigenvalue weighted by Crippen LogP contribution is 2.37. The van der Waals surface area contributed by atoms with Gasteiger partial charge in [-0.05, 0) is 61.4 Å². The predicted octanol–water partition coefficient (Wildman–Crippen LogP) is 3.06. The lowest BCUT2D eigenvalue weighted by atomic mass is 9.96. The number of hydrogen-bond donors (Lipinski definition) is 3. The first kappa shape index (κ1) is 32.2. The van der Waals surface area contributed by atoms with Gasteiger partial charge >= 0.3 is 27.4 Å². The molecule has 3 N–H and O–H groups in total. The summed E-state index contributed by atoms with van der Waals surface area (Å²) >= 11 is 6.43. The fraction of sp³-hybridized carbons (Fsp3) is 0.308. The Morgan fingerprint density at radius 2 is 1.88 bits per heavy atom. The van der Waals surface area contributed by atoms with E-state index >= 15 is 0 Å². The molecular formula is C26H25ClF3N5O6S2. The molecule has 4 rings (SSSR count). The van der Waals surface area contributed by atoms with E-state index in [0.717, 1.165) is 10.6 Å². The second kappa shape index (κ2) is 12.1. The molecule has 0 saturated heterocycles. The Morgan fingerprint density at radius 1 is 1.16 bits per heavy atom. The minimum atomic E-state index is -4.74. The molecule has 2 heterocycles. The highest BCUT2D eigenvalue weighted by atomic mass is 35.5. The molecule has 3 aromatic rings. The van der Waals surface area contributed by atoms with E-state index in [4.69, 9.17) is 16.3 Å². The van der Waals surface area contributed by atoms with Crippen molar-refractivity contribution in [2.75, 3.05) is 6.54 Å². The Bertz CT molecular complexity index is 1900. The van der Waals surface area contributed by atoms with Crippen molar-refractivity contribution in [2.24, 2.45) is 10.2 Å². The number of aromatic hydroxyl groups is 1. The van der Waals surface area contributed by atoms with Crippen LogP contribution in [0.4, 0.5) is 18.0 Å². The molecule has 11 nitrogen and oxygen atoms in total. The number of nitrogens with one attached hydrogen (secondary N) is 2. The summed E-state index contributed by atoms with van der Waals surface area (Å²) in [5, 5.41) is 19.7. The summed E-state index contributed by atoms with van der Waals surface area (Å²) in [6, 6.07) is 8.14. The van der Waals surface area contributed by atoms with Crippen molar-refractivity contribution in [1.29, 1.82) is 0 Å². The number of aromatic nitrogens is 1. The summed E-state index contributed by atoms with van der Waals surface area (Å²) in [6.45, 7) is 3.84. The molecule has 0 saturated carbocycles. The summed E-state index contributed by atoms with van der Waals surface area (Å²) in [4.78, 5) is 24.0. The number of thiazole rings is 1. The molecule has 0 radical (unpaired) electrons. The lowest BCUT2D eigenvalue weighted by Gasteiger charge is -2.19. The largest absolute Gasteiger partial charge is 0.493 e. The maximum atomic E-state index is 13.9. The van der Waals surface area contributed by atoms with Crippen LogP contribution in [-0.4, -0.2) is 42.5 Å². The van der Waals surface area contributed by atoms with Gasteiger partial charge in [-0.25, -0.2) is 9.52 Å². The smallest absolute Gasteiger partial charge is 0.422 e. The van der Waals surface area contributed by atoms with Crippen LogP contribution in [0.3, 0.4) is 0 Å². The molecule has 1 aliphatic heterocycles. The number of amides is 1. The van der Waals surface area contributed by atoms with Crippen LogP contribution < -0.4 is 24.9 Å². The monoisotopic (exact) mass is 659 g/mol. The number of halogens is 4. The minimum absolute atomic E-state index is 0.0189. The number of alkyl halides is 3. The Labute approximate surface area is 252 Å². The molecule has 1 amide bonds. The highest BCUT2D eigenvalue weighted by Gasteiger charge is 2.34. The van der Waals surface area contributed by atoms with Crippen molar-refractivity contribution in [3.05, 3.63) is 83.2 Å². The summed E-state index contributed by atoms with van der Waals surface area (Å²) in [7, 11) is -4.38. The molecule has 0 atom stereocenters. The standard InChI is InChI=1S/C26H25ClF3N5O6S2/c1-25(2,3)41-23(37)34-43(39,40)32-8-9-35-22(36)21(42-24(35)38)18(14-5-7-20-16(10-14)13-31-33-20)11-15-4-6-17(27)12-19(15)26(28,29)30/h4-7,10,12-13,32,36H,8-9,11H2,1-3H3,(H,34,37). The van der Waals surface area contributed by atoms with Gasteiger partial charge in [0.15, 0.2) is 0 Å². The van der Waals surface area contributed by atoms with Gasteiger partial charge in [-0.15, -0.1) is 0 Å². The van der Waals surface area contributed by atoms with Crippen molar-refractivity contribution in [3.63, 3.8) is 0 Å². The van der Waals surface area contributed by atoms with Crippen LogP contribution in [0.1, 0.15) is 42.3 Å². The number of ether oxygens (including phenoxy) is 1. The topological polar surface area (TPSA) is 151 Å². The number of nitrogens with zero attached hydrogens (tertiary/aromatic N) is 3. The number of rotatable bonds is 8. The van der Waals surface area contributed by atoms with Crippen molar-refractivity contribution in [3.8, 4) is 5.88 Å². The van der Waals surface area contributed by atoms with E-state index in [1.807, 2.05) is 0 Å². The fourth-order valence-corrected chi connectivity index (χ4v) is 5.93. The van der Waals surface area contributed by atoms with Gasteiger partial charge in [-0.3, -0.25) is 9.36 Å². The number of hydrogen-bond acceptors (Lipinski definition) is 9. The zero-order chi connectivity index (χ0) is 31.7. The molecular weight excluding hydrogens is 635 g/mol. The summed E-state index contributed by atoms with van der Waals surface area (Å²) in [6.07, 6.45) is -4.84. The Morgan fingerprint density at radius 3 is 2.56 bits per heavy atom. The van der Waals surface area contributed by atoms with Crippen LogP contribution >= 0.6 is 22.9 Å². The summed E-state index contributed by atoms with van der Waals surface area (Å²) < 4.78 is 75.7. The zero-order valence-corrected chi connectivity index (χ0v) is 25.2. The first-order valence-corrected chi connectivity index (χ1v) is 15.1. The van der Waals surface area contributed by atoms with Gasteiger partial charge in [-0.1, -0.05) is 35.1 Å². The number of carbonyl (C=O) groups is 1. The van der Waals surface area contributed by atoms with E-state index in [2.05, 4.69) is 14.9 Å². The Kier molecular flexibility index (Phi) is 9.06. The van der Waals surface area contributed by atoms with Gasteiger partial charge in [0.2, 0.25) is 5.88 Å². The van der Waals surface area contributed by atoms with Gasteiger partial charge in [0.1, 0.15) is 5.60 Å². The average molecular weight is 660 g/mol. The van der Waals surface area contributed by atoms with Crippen LogP contribution in [0.5, 0.6) is 5.88 Å². The average Bonchev–Trinajstić information content (AvgIpc) is 3.45.